The molecule has 9 heteroatoms. The fraction of sp³-hybridized carbons (Fsp3) is 0.273. The number of fused-ring (bicyclic) bond motifs is 1. The first kappa shape index (κ1) is 34.1. The maximum atomic E-state index is 13.4. The van der Waals surface area contributed by atoms with Gasteiger partial charge in [-0.25, -0.2) is 4.79 Å². The molecule has 1 fully saturated rings. The number of nitrogens with zero attached hydrogens (tertiary/aromatic N) is 4. The van der Waals surface area contributed by atoms with Gasteiger partial charge in [0.05, 0.1) is 0 Å². The van der Waals surface area contributed by atoms with E-state index in [0.717, 1.165) is 53.5 Å². The zero-order valence-electron chi connectivity index (χ0n) is 30.3. The van der Waals surface area contributed by atoms with E-state index in [1.54, 1.807) is 4.80 Å². The summed E-state index contributed by atoms with van der Waals surface area (Å²) in [5.41, 5.74) is 5.40. The van der Waals surface area contributed by atoms with E-state index in [1.165, 1.54) is 0 Å². The van der Waals surface area contributed by atoms with Crippen molar-refractivity contribution in [1.29, 1.82) is 0 Å². The number of hydrogen-bond acceptors (Lipinski definition) is 6. The van der Waals surface area contributed by atoms with Crippen LogP contribution in [0, 0.1) is 11.3 Å². The van der Waals surface area contributed by atoms with Crippen molar-refractivity contribution in [3.8, 4) is 34.0 Å². The molecular formula is C44H44N6O3. The molecule has 2 heterocycles. The van der Waals surface area contributed by atoms with Crippen LogP contribution in [0.3, 0.4) is 0 Å². The summed E-state index contributed by atoms with van der Waals surface area (Å²) in [6.45, 7) is 7.10. The summed E-state index contributed by atoms with van der Waals surface area (Å²) in [4.78, 5) is 15.1. The van der Waals surface area contributed by atoms with Gasteiger partial charge in [-0.3, -0.25) is 0 Å². The predicted molar refractivity (Wildman–Crippen MR) is 207 cm³/mol. The minimum absolute atomic E-state index is 0.143. The number of benzene rings is 5. The Morgan fingerprint density at radius 2 is 1.30 bits per heavy atom. The molecule has 2 N–H and O–H groups in total. The molecule has 1 aliphatic carbocycles. The Morgan fingerprint density at radius 1 is 0.698 bits per heavy atom. The molecule has 2 aliphatic rings. The molecular weight excluding hydrogens is 661 g/mol. The lowest BCUT2D eigenvalue weighted by molar-refractivity contribution is 0.161. The largest absolute Gasteiger partial charge is 0.454 e. The lowest BCUT2D eigenvalue weighted by atomic mass is 9.71. The summed E-state index contributed by atoms with van der Waals surface area (Å²) in [5.74, 6) is 2.45. The summed E-state index contributed by atoms with van der Waals surface area (Å²) in [6, 6.07) is 42.4. The monoisotopic (exact) mass is 704 g/mol. The highest BCUT2D eigenvalue weighted by atomic mass is 16.7. The van der Waals surface area contributed by atoms with Gasteiger partial charge in [0.25, 0.3) is 0 Å². The van der Waals surface area contributed by atoms with Crippen LogP contribution < -0.4 is 20.1 Å². The van der Waals surface area contributed by atoms with Crippen molar-refractivity contribution < 1.29 is 14.3 Å². The van der Waals surface area contributed by atoms with Crippen molar-refractivity contribution in [1.82, 2.24) is 25.5 Å². The van der Waals surface area contributed by atoms with E-state index in [9.17, 15) is 4.79 Å². The normalized spacial score (nSPS) is 17.0. The number of carbonyl (C=O) groups is 1. The summed E-state index contributed by atoms with van der Waals surface area (Å²) >= 11 is 0. The summed E-state index contributed by atoms with van der Waals surface area (Å²) in [6.07, 6.45) is 4.17. The van der Waals surface area contributed by atoms with Gasteiger partial charge in [0.1, 0.15) is 0 Å². The van der Waals surface area contributed by atoms with Gasteiger partial charge in [0, 0.05) is 17.3 Å². The molecule has 0 radical (unpaired) electrons. The summed E-state index contributed by atoms with van der Waals surface area (Å²) in [7, 11) is 0. The Hall–Kier alpha value is -5.96. The van der Waals surface area contributed by atoms with Gasteiger partial charge in [-0.15, -0.1) is 15.0 Å². The molecule has 1 saturated carbocycles. The van der Waals surface area contributed by atoms with Crippen molar-refractivity contribution in [2.75, 3.05) is 12.1 Å². The van der Waals surface area contributed by atoms with Gasteiger partial charge in [-0.2, -0.15) is 0 Å². The molecule has 2 amide bonds. The van der Waals surface area contributed by atoms with Crippen LogP contribution in [0.2, 0.25) is 0 Å². The first-order valence-corrected chi connectivity index (χ1v) is 18.4. The van der Waals surface area contributed by atoms with E-state index in [-0.39, 0.29) is 24.3 Å². The smallest absolute Gasteiger partial charge is 0.319 e. The number of anilines is 1. The van der Waals surface area contributed by atoms with Crippen LogP contribution in [0.5, 0.6) is 11.5 Å². The van der Waals surface area contributed by atoms with Crippen LogP contribution in [0.4, 0.5) is 10.5 Å². The number of nitrogens with one attached hydrogen (secondary N) is 2. The van der Waals surface area contributed by atoms with E-state index < -0.39 is 5.54 Å². The van der Waals surface area contributed by atoms with Crippen molar-refractivity contribution >= 4 is 11.7 Å². The Morgan fingerprint density at radius 3 is 1.91 bits per heavy atom. The third-order valence-corrected chi connectivity index (χ3v) is 10.8. The highest BCUT2D eigenvalue weighted by molar-refractivity contribution is 5.92. The maximum absolute atomic E-state index is 13.4. The van der Waals surface area contributed by atoms with Crippen LogP contribution in [0.15, 0.2) is 127 Å². The number of rotatable bonds is 8. The van der Waals surface area contributed by atoms with Crippen molar-refractivity contribution in [2.24, 2.45) is 11.3 Å². The van der Waals surface area contributed by atoms with E-state index in [4.69, 9.17) is 24.9 Å². The third-order valence-electron chi connectivity index (χ3n) is 10.8. The van der Waals surface area contributed by atoms with Crippen molar-refractivity contribution in [3.63, 3.8) is 0 Å². The number of urea groups is 1. The molecule has 53 heavy (non-hydrogen) atoms. The molecule has 1 aromatic heterocycles. The van der Waals surface area contributed by atoms with Crippen LogP contribution in [-0.4, -0.2) is 39.1 Å². The Labute approximate surface area is 310 Å². The summed E-state index contributed by atoms with van der Waals surface area (Å²) in [5, 5.41) is 21.0. The second-order valence-corrected chi connectivity index (χ2v) is 15.1. The topological polar surface area (TPSA) is 103 Å². The van der Waals surface area contributed by atoms with Gasteiger partial charge >= 0.3 is 6.03 Å². The molecule has 8 rings (SSSR count). The second kappa shape index (κ2) is 14.2. The number of carbonyl (C=O) groups excluding carboxylic acids is 1. The molecule has 0 bridgehead atoms. The predicted octanol–water partition coefficient (Wildman–Crippen LogP) is 9.30. The van der Waals surface area contributed by atoms with Gasteiger partial charge < -0.3 is 20.1 Å². The lowest BCUT2D eigenvalue weighted by Crippen LogP contribution is -2.41. The first-order chi connectivity index (χ1) is 25.8. The number of tetrazole rings is 1. The lowest BCUT2D eigenvalue weighted by Gasteiger charge is -2.37. The average molecular weight is 705 g/mol. The van der Waals surface area contributed by atoms with E-state index in [1.807, 2.05) is 91.0 Å². The van der Waals surface area contributed by atoms with Crippen LogP contribution in [0.1, 0.15) is 63.1 Å². The van der Waals surface area contributed by atoms with E-state index >= 15 is 0 Å². The van der Waals surface area contributed by atoms with Gasteiger partial charge in [-0.05, 0) is 94.3 Å². The van der Waals surface area contributed by atoms with Gasteiger partial charge in [0.2, 0.25) is 12.6 Å². The zero-order valence-corrected chi connectivity index (χ0v) is 30.3. The minimum Gasteiger partial charge on any atom is -0.454 e. The number of ether oxygens (including phenoxy) is 2. The summed E-state index contributed by atoms with van der Waals surface area (Å²) < 4.78 is 11.3. The highest BCUT2D eigenvalue weighted by Gasteiger charge is 2.41. The van der Waals surface area contributed by atoms with E-state index in [2.05, 4.69) is 67.8 Å². The fourth-order valence-corrected chi connectivity index (χ4v) is 7.93. The van der Waals surface area contributed by atoms with E-state index in [0.29, 0.717) is 34.5 Å². The molecule has 0 unspecified atom stereocenters. The SMILES string of the molecule is CC(C)(C)C1CCC(NC(=O)Nc2ccc(-c3ccc4c(c3)OCO4)c(-c3nnn(C(c4ccccc4)(c4ccccc4)c4ccccc4)n3)c2)CC1. The third kappa shape index (κ3) is 6.75. The maximum Gasteiger partial charge on any atom is 0.319 e. The average Bonchev–Trinajstić information content (AvgIpc) is 3.87. The molecule has 9 nitrogen and oxygen atoms in total. The van der Waals surface area contributed by atoms with Gasteiger partial charge in [0.15, 0.2) is 17.0 Å². The molecule has 0 saturated heterocycles. The Balaban J connectivity index is 1.19. The standard InChI is InChI=1S/C44H44N6O3/c1-43(2,3)31-20-22-35(23-21-31)45-42(51)46-36-24-25-37(30-19-26-39-40(27-30)53-29-52-39)38(28-36)41-47-49-50(48-41)44(32-13-7-4-8-14-32,33-15-9-5-10-16-33)34-17-11-6-12-18-34/h4-19,24-28,31,35H,20-23,29H2,1-3H3,(H2,45,46,51). The van der Waals surface area contributed by atoms with Gasteiger partial charge in [-0.1, -0.05) is 124 Å². The fourth-order valence-electron chi connectivity index (χ4n) is 7.93. The molecule has 0 spiro atoms. The quantitative estimate of drug-likeness (QED) is 0.153. The zero-order chi connectivity index (χ0) is 36.4. The van der Waals surface area contributed by atoms with Crippen LogP contribution in [-0.2, 0) is 5.54 Å². The molecule has 268 valence electrons. The second-order valence-electron chi connectivity index (χ2n) is 15.1. The molecule has 6 aromatic rings. The Kier molecular flexibility index (Phi) is 9.16. The Bertz CT molecular complexity index is 2090. The van der Waals surface area contributed by atoms with Crippen molar-refractivity contribution in [2.45, 2.75) is 58.0 Å². The molecule has 5 aromatic carbocycles. The number of aromatic nitrogens is 4. The van der Waals surface area contributed by atoms with Crippen molar-refractivity contribution in [3.05, 3.63) is 144 Å². The number of amides is 2. The highest BCUT2D eigenvalue weighted by Crippen LogP contribution is 2.43. The minimum atomic E-state index is -0.935. The molecule has 0 atom stereocenters. The molecule has 1 aliphatic heterocycles. The van der Waals surface area contributed by atoms with Crippen LogP contribution >= 0.6 is 0 Å². The van der Waals surface area contributed by atoms with Crippen LogP contribution in [0.25, 0.3) is 22.5 Å². The first-order valence-electron chi connectivity index (χ1n) is 18.4. The number of hydrogen-bond donors (Lipinski definition) is 2.